The van der Waals surface area contributed by atoms with Gasteiger partial charge in [0.25, 0.3) is 0 Å². The van der Waals surface area contributed by atoms with E-state index in [1.807, 2.05) is 12.1 Å². The van der Waals surface area contributed by atoms with Crippen molar-refractivity contribution in [2.75, 3.05) is 0 Å². The summed E-state index contributed by atoms with van der Waals surface area (Å²) in [6.45, 7) is 0.191. The summed E-state index contributed by atoms with van der Waals surface area (Å²) >= 11 is 4.66. The molecule has 2 aromatic carbocycles. The third-order valence-corrected chi connectivity index (χ3v) is 2.77. The molecule has 6 heteroatoms. The third kappa shape index (κ3) is 4.85. The van der Waals surface area contributed by atoms with E-state index < -0.39 is 0 Å². The van der Waals surface area contributed by atoms with Crippen molar-refractivity contribution in [3.63, 3.8) is 0 Å². The van der Waals surface area contributed by atoms with E-state index in [1.54, 1.807) is 36.5 Å². The molecule has 108 valence electrons. The van der Waals surface area contributed by atoms with E-state index in [1.165, 1.54) is 6.07 Å². The highest BCUT2D eigenvalue weighted by molar-refractivity contribution is 7.80. The Kier molecular flexibility index (Phi) is 5.22. The van der Waals surface area contributed by atoms with E-state index in [9.17, 15) is 4.39 Å². The minimum atomic E-state index is -0.268. The second-order valence-corrected chi connectivity index (χ2v) is 4.67. The number of hydrogen-bond acceptors (Lipinski definition) is 2. The van der Waals surface area contributed by atoms with Crippen LogP contribution in [-0.4, -0.2) is 11.3 Å². The van der Waals surface area contributed by atoms with E-state index in [0.717, 1.165) is 5.56 Å². The van der Waals surface area contributed by atoms with Gasteiger partial charge >= 0.3 is 0 Å². The maximum Gasteiger partial charge on any atom is 0.221 e. The summed E-state index contributed by atoms with van der Waals surface area (Å²) in [5.74, 6) is 0.396. The highest BCUT2D eigenvalue weighted by Gasteiger charge is 2.02. The molecular formula is C15H15FN3OS+. The molecule has 0 atom stereocenters. The van der Waals surface area contributed by atoms with Crippen LogP contribution < -0.4 is 21.0 Å². The first-order valence-electron chi connectivity index (χ1n) is 6.25. The normalized spacial score (nSPS) is 10.5. The molecule has 0 aliphatic carbocycles. The molecule has 0 spiro atoms. The van der Waals surface area contributed by atoms with Crippen molar-refractivity contribution in [2.24, 2.45) is 5.73 Å². The Morgan fingerprint density at radius 1 is 1.24 bits per heavy atom. The van der Waals surface area contributed by atoms with E-state index in [0.29, 0.717) is 11.3 Å². The van der Waals surface area contributed by atoms with Crippen LogP contribution in [0.15, 0.2) is 48.5 Å². The Morgan fingerprint density at radius 3 is 2.62 bits per heavy atom. The maximum absolute atomic E-state index is 13.4. The number of thiocarbonyl (C=S) groups is 1. The first kappa shape index (κ1) is 14.9. The molecule has 0 saturated heterocycles. The van der Waals surface area contributed by atoms with Crippen LogP contribution in [0.3, 0.4) is 0 Å². The average molecular weight is 304 g/mol. The number of hydrazine groups is 1. The van der Waals surface area contributed by atoms with Crippen molar-refractivity contribution in [1.82, 2.24) is 5.43 Å². The molecule has 0 radical (unpaired) electrons. The first-order valence-corrected chi connectivity index (χ1v) is 6.66. The quantitative estimate of drug-likeness (QED) is 0.431. The molecule has 21 heavy (non-hydrogen) atoms. The van der Waals surface area contributed by atoms with Crippen LogP contribution in [-0.2, 0) is 6.61 Å². The fourth-order valence-corrected chi connectivity index (χ4v) is 1.69. The van der Waals surface area contributed by atoms with Gasteiger partial charge in [-0.1, -0.05) is 18.2 Å². The number of ether oxygens (including phenoxy) is 1. The second kappa shape index (κ2) is 7.35. The summed E-state index contributed by atoms with van der Waals surface area (Å²) in [5.41, 5.74) is 9.30. The molecular weight excluding hydrogens is 289 g/mol. The Labute approximate surface area is 127 Å². The number of nitrogens with one attached hydrogen (secondary N) is 2. The van der Waals surface area contributed by atoms with Gasteiger partial charge in [0.1, 0.15) is 18.2 Å². The number of halogens is 1. The zero-order chi connectivity index (χ0) is 15.1. The van der Waals surface area contributed by atoms with Gasteiger partial charge in [-0.15, -0.1) is 10.5 Å². The Hall–Kier alpha value is -2.47. The van der Waals surface area contributed by atoms with Crippen LogP contribution in [0.25, 0.3) is 0 Å². The van der Waals surface area contributed by atoms with Gasteiger partial charge in [0.05, 0.1) is 0 Å². The number of hydrogen-bond donors (Lipinski definition) is 3. The summed E-state index contributed by atoms with van der Waals surface area (Å²) in [6.07, 6.45) is 1.71. The van der Waals surface area contributed by atoms with Crippen molar-refractivity contribution < 1.29 is 14.2 Å². The third-order valence-electron chi connectivity index (χ3n) is 2.67. The van der Waals surface area contributed by atoms with Gasteiger partial charge in [-0.3, -0.25) is 0 Å². The second-order valence-electron chi connectivity index (χ2n) is 4.23. The molecule has 0 bridgehead atoms. The molecule has 0 heterocycles. The predicted octanol–water partition coefficient (Wildman–Crippen LogP) is 0.652. The summed E-state index contributed by atoms with van der Waals surface area (Å²) in [6, 6.07) is 13.8. The lowest BCUT2D eigenvalue weighted by Gasteiger charge is -2.06. The van der Waals surface area contributed by atoms with Crippen LogP contribution in [0, 0.1) is 5.82 Å². The standard InChI is InChI=1S/C15H14FN3OS/c16-14-4-2-1-3-12(14)10-20-13-7-5-11(6-8-13)9-18-19-15(17)21/h1-9H,10H2,(H3,17,19,21)/p+1. The topological polar surface area (TPSA) is 61.2 Å². The molecule has 0 aliphatic rings. The van der Waals surface area contributed by atoms with Crippen molar-refractivity contribution in [1.29, 1.82) is 0 Å². The van der Waals surface area contributed by atoms with Crippen LogP contribution in [0.2, 0.25) is 0 Å². The smallest absolute Gasteiger partial charge is 0.221 e. The van der Waals surface area contributed by atoms with Gasteiger partial charge in [0, 0.05) is 11.1 Å². The Bertz CT molecular complexity index is 644. The van der Waals surface area contributed by atoms with Gasteiger partial charge in [-0.2, -0.15) is 0 Å². The number of rotatable bonds is 5. The van der Waals surface area contributed by atoms with Crippen LogP contribution >= 0.6 is 12.2 Å². The lowest BCUT2D eigenvalue weighted by molar-refractivity contribution is -0.499. The minimum Gasteiger partial charge on any atom is -0.489 e. The largest absolute Gasteiger partial charge is 0.489 e. The maximum atomic E-state index is 13.4. The summed E-state index contributed by atoms with van der Waals surface area (Å²) < 4.78 is 19.0. The average Bonchev–Trinajstić information content (AvgIpc) is 2.47. The molecule has 0 unspecified atom stereocenters. The summed E-state index contributed by atoms with van der Waals surface area (Å²) in [5, 5.41) is 2.92. The van der Waals surface area contributed by atoms with Gasteiger partial charge in [0.15, 0.2) is 6.21 Å². The zero-order valence-corrected chi connectivity index (χ0v) is 12.0. The van der Waals surface area contributed by atoms with E-state index in [4.69, 9.17) is 10.5 Å². The molecule has 0 amide bonds. The van der Waals surface area contributed by atoms with E-state index >= 15 is 0 Å². The lowest BCUT2D eigenvalue weighted by Crippen LogP contribution is -2.82. The van der Waals surface area contributed by atoms with Crippen molar-refractivity contribution in [3.05, 3.63) is 65.5 Å². The van der Waals surface area contributed by atoms with Crippen molar-refractivity contribution >= 4 is 23.5 Å². The molecule has 4 nitrogen and oxygen atoms in total. The molecule has 2 aromatic rings. The Balaban J connectivity index is 1.92. The fraction of sp³-hybridized carbons (Fsp3) is 0.0667. The monoisotopic (exact) mass is 304 g/mol. The molecule has 4 N–H and O–H groups in total. The van der Waals surface area contributed by atoms with E-state index in [2.05, 4.69) is 22.7 Å². The summed E-state index contributed by atoms with van der Waals surface area (Å²) in [4.78, 5) is 0. The summed E-state index contributed by atoms with van der Waals surface area (Å²) in [7, 11) is 0. The van der Waals surface area contributed by atoms with Crippen LogP contribution in [0.4, 0.5) is 4.39 Å². The van der Waals surface area contributed by atoms with Crippen molar-refractivity contribution in [3.8, 4) is 5.75 Å². The molecule has 0 fully saturated rings. The van der Waals surface area contributed by atoms with Crippen LogP contribution in [0.5, 0.6) is 5.75 Å². The molecule has 2 rings (SSSR count). The van der Waals surface area contributed by atoms with E-state index in [-0.39, 0.29) is 17.5 Å². The van der Waals surface area contributed by atoms with Crippen LogP contribution in [0.1, 0.15) is 11.1 Å². The minimum absolute atomic E-state index is 0.163. The van der Waals surface area contributed by atoms with Crippen molar-refractivity contribution in [2.45, 2.75) is 6.61 Å². The van der Waals surface area contributed by atoms with Gasteiger partial charge in [-0.25, -0.2) is 4.39 Å². The zero-order valence-electron chi connectivity index (χ0n) is 11.2. The lowest BCUT2D eigenvalue weighted by atomic mass is 10.2. The van der Waals surface area contributed by atoms with Gasteiger partial charge in [0.2, 0.25) is 5.11 Å². The first-order chi connectivity index (χ1) is 10.1. The Morgan fingerprint density at radius 2 is 1.95 bits per heavy atom. The fourth-order valence-electron chi connectivity index (χ4n) is 1.63. The SMILES string of the molecule is NC(=S)N[NH+]=Cc1ccc(OCc2ccccc2F)cc1. The van der Waals surface area contributed by atoms with Gasteiger partial charge < -0.3 is 10.5 Å². The number of benzene rings is 2. The molecule has 0 saturated carbocycles. The highest BCUT2D eigenvalue weighted by atomic mass is 32.1. The number of nitrogens with two attached hydrogens (primary N) is 1. The predicted molar refractivity (Wildman–Crippen MR) is 83.2 cm³/mol. The number of hydrazone groups is 1. The molecule has 0 aromatic heterocycles. The molecule has 0 aliphatic heterocycles. The van der Waals surface area contributed by atoms with Gasteiger partial charge in [-0.05, 0) is 42.5 Å². The highest BCUT2D eigenvalue weighted by Crippen LogP contribution is 2.14.